The highest BCUT2D eigenvalue weighted by Crippen LogP contribution is 2.18. The lowest BCUT2D eigenvalue weighted by Gasteiger charge is -2.32. The van der Waals surface area contributed by atoms with Gasteiger partial charge in [0.05, 0.1) is 12.5 Å². The van der Waals surface area contributed by atoms with Crippen molar-refractivity contribution in [3.8, 4) is 0 Å². The van der Waals surface area contributed by atoms with E-state index in [0.29, 0.717) is 12.5 Å². The van der Waals surface area contributed by atoms with Crippen LogP contribution in [0, 0.1) is 11.8 Å². The fourth-order valence-corrected chi connectivity index (χ4v) is 2.19. The number of hydrogen-bond donors (Lipinski definition) is 0. The van der Waals surface area contributed by atoms with Crippen LogP contribution in [0.3, 0.4) is 0 Å². The Morgan fingerprint density at radius 3 is 2.87 bits per heavy atom. The van der Waals surface area contributed by atoms with Gasteiger partial charge >= 0.3 is 5.97 Å². The van der Waals surface area contributed by atoms with Crippen molar-refractivity contribution >= 4 is 5.97 Å². The molecule has 88 valence electrons. The summed E-state index contributed by atoms with van der Waals surface area (Å²) in [7, 11) is 0. The molecule has 0 amide bonds. The van der Waals surface area contributed by atoms with Crippen molar-refractivity contribution in [1.29, 1.82) is 0 Å². The molecule has 0 aromatic heterocycles. The van der Waals surface area contributed by atoms with Crippen LogP contribution < -0.4 is 0 Å². The molecule has 0 spiro atoms. The monoisotopic (exact) mass is 213 g/mol. The second-order valence-electron chi connectivity index (χ2n) is 4.74. The van der Waals surface area contributed by atoms with Gasteiger partial charge in [0.25, 0.3) is 0 Å². The molecule has 1 saturated heterocycles. The number of piperidine rings is 1. The Kier molecular flexibility index (Phi) is 5.09. The van der Waals surface area contributed by atoms with Crippen LogP contribution in [0.2, 0.25) is 0 Å². The van der Waals surface area contributed by atoms with Gasteiger partial charge in [-0.1, -0.05) is 13.8 Å². The van der Waals surface area contributed by atoms with Gasteiger partial charge in [-0.05, 0) is 32.2 Å². The molecule has 0 N–H and O–H groups in total. The number of carbonyl (C=O) groups excluding carboxylic acids is 1. The number of rotatable bonds is 4. The van der Waals surface area contributed by atoms with Crippen LogP contribution in [0.5, 0.6) is 0 Å². The van der Waals surface area contributed by atoms with E-state index in [0.717, 1.165) is 32.5 Å². The predicted molar refractivity (Wildman–Crippen MR) is 60.6 cm³/mol. The van der Waals surface area contributed by atoms with E-state index < -0.39 is 0 Å². The topological polar surface area (TPSA) is 29.5 Å². The average molecular weight is 213 g/mol. The van der Waals surface area contributed by atoms with E-state index in [9.17, 15) is 4.79 Å². The van der Waals surface area contributed by atoms with Crippen LogP contribution in [0.4, 0.5) is 0 Å². The van der Waals surface area contributed by atoms with Crippen molar-refractivity contribution in [3.63, 3.8) is 0 Å². The van der Waals surface area contributed by atoms with Crippen molar-refractivity contribution in [3.05, 3.63) is 0 Å². The first-order valence-electron chi connectivity index (χ1n) is 6.02. The summed E-state index contributed by atoms with van der Waals surface area (Å²) in [5, 5.41) is 0. The maximum atomic E-state index is 11.6. The number of hydrogen-bond acceptors (Lipinski definition) is 3. The molecule has 1 heterocycles. The number of ether oxygens (including phenoxy) is 1. The Hall–Kier alpha value is -0.570. The van der Waals surface area contributed by atoms with Crippen molar-refractivity contribution in [2.75, 3.05) is 26.2 Å². The normalized spacial score (nSPS) is 23.1. The lowest BCUT2D eigenvalue weighted by Crippen LogP contribution is -2.41. The molecule has 0 radical (unpaired) electrons. The third-order valence-electron chi connectivity index (χ3n) is 2.75. The molecular formula is C12H23NO2. The first kappa shape index (κ1) is 12.5. The molecule has 3 nitrogen and oxygen atoms in total. The molecule has 0 aromatic rings. The lowest BCUT2D eigenvalue weighted by molar-refractivity contribution is -0.150. The van der Waals surface area contributed by atoms with Crippen LogP contribution in [0.25, 0.3) is 0 Å². The summed E-state index contributed by atoms with van der Waals surface area (Å²) in [5.74, 6) is 0.773. The second kappa shape index (κ2) is 6.11. The Bertz CT molecular complexity index is 204. The van der Waals surface area contributed by atoms with Crippen LogP contribution in [-0.4, -0.2) is 37.1 Å². The predicted octanol–water partition coefficient (Wildman–Crippen LogP) is 1.92. The standard InChI is InChI=1S/C12H23NO2/c1-4-15-12(14)11-6-5-7-13(9-11)8-10(2)3/h10-11H,4-9H2,1-3H3/t11-/m1/s1. The number of nitrogens with zero attached hydrogens (tertiary/aromatic N) is 1. The van der Waals surface area contributed by atoms with Crippen LogP contribution >= 0.6 is 0 Å². The molecule has 0 saturated carbocycles. The maximum absolute atomic E-state index is 11.6. The molecule has 1 fully saturated rings. The molecule has 15 heavy (non-hydrogen) atoms. The van der Waals surface area contributed by atoms with Gasteiger partial charge in [0.2, 0.25) is 0 Å². The number of esters is 1. The fourth-order valence-electron chi connectivity index (χ4n) is 2.19. The van der Waals surface area contributed by atoms with E-state index in [1.807, 2.05) is 6.92 Å². The molecule has 0 unspecified atom stereocenters. The molecule has 1 rings (SSSR count). The second-order valence-corrected chi connectivity index (χ2v) is 4.74. The average Bonchev–Trinajstić information content (AvgIpc) is 2.17. The van der Waals surface area contributed by atoms with Gasteiger partial charge in [0.1, 0.15) is 0 Å². The highest BCUT2D eigenvalue weighted by molar-refractivity contribution is 5.72. The molecule has 1 aliphatic heterocycles. The van der Waals surface area contributed by atoms with Crippen molar-refractivity contribution < 1.29 is 9.53 Å². The third kappa shape index (κ3) is 4.20. The van der Waals surface area contributed by atoms with Crippen molar-refractivity contribution in [2.24, 2.45) is 11.8 Å². The van der Waals surface area contributed by atoms with Crippen LogP contribution in [-0.2, 0) is 9.53 Å². The van der Waals surface area contributed by atoms with E-state index in [2.05, 4.69) is 18.7 Å². The molecule has 0 bridgehead atoms. The van der Waals surface area contributed by atoms with Gasteiger partial charge in [-0.25, -0.2) is 0 Å². The van der Waals surface area contributed by atoms with E-state index >= 15 is 0 Å². The van der Waals surface area contributed by atoms with Gasteiger partial charge in [0, 0.05) is 13.1 Å². The summed E-state index contributed by atoms with van der Waals surface area (Å²) in [6.45, 7) is 9.91. The molecule has 0 aliphatic carbocycles. The van der Waals surface area contributed by atoms with Crippen LogP contribution in [0.1, 0.15) is 33.6 Å². The number of likely N-dealkylation sites (tertiary alicyclic amines) is 1. The highest BCUT2D eigenvalue weighted by Gasteiger charge is 2.26. The SMILES string of the molecule is CCOC(=O)[C@@H]1CCCN(CC(C)C)C1. The molecule has 0 aromatic carbocycles. The molecular weight excluding hydrogens is 190 g/mol. The first-order chi connectivity index (χ1) is 7.13. The Morgan fingerprint density at radius 2 is 2.27 bits per heavy atom. The summed E-state index contributed by atoms with van der Waals surface area (Å²) in [6, 6.07) is 0. The van der Waals surface area contributed by atoms with Gasteiger partial charge in [-0.2, -0.15) is 0 Å². The lowest BCUT2D eigenvalue weighted by atomic mass is 9.97. The Labute approximate surface area is 92.8 Å². The van der Waals surface area contributed by atoms with Crippen LogP contribution in [0.15, 0.2) is 0 Å². The van der Waals surface area contributed by atoms with Gasteiger partial charge in [-0.15, -0.1) is 0 Å². The minimum atomic E-state index is -0.00837. The molecule has 1 aliphatic rings. The highest BCUT2D eigenvalue weighted by atomic mass is 16.5. The molecule has 1 atom stereocenters. The fraction of sp³-hybridized carbons (Fsp3) is 0.917. The Balaban J connectivity index is 2.38. The third-order valence-corrected chi connectivity index (χ3v) is 2.75. The summed E-state index contributed by atoms with van der Waals surface area (Å²) in [5.41, 5.74) is 0. The zero-order valence-corrected chi connectivity index (χ0v) is 10.2. The summed E-state index contributed by atoms with van der Waals surface area (Å²) >= 11 is 0. The van der Waals surface area contributed by atoms with Gasteiger partial charge in [0.15, 0.2) is 0 Å². The zero-order chi connectivity index (χ0) is 11.3. The molecule has 3 heteroatoms. The van der Waals surface area contributed by atoms with Crippen molar-refractivity contribution in [2.45, 2.75) is 33.6 Å². The minimum absolute atomic E-state index is 0.00837. The van der Waals surface area contributed by atoms with E-state index in [-0.39, 0.29) is 11.9 Å². The van der Waals surface area contributed by atoms with E-state index in [4.69, 9.17) is 4.74 Å². The number of carbonyl (C=O) groups is 1. The minimum Gasteiger partial charge on any atom is -0.466 e. The summed E-state index contributed by atoms with van der Waals surface area (Å²) in [6.07, 6.45) is 2.11. The largest absolute Gasteiger partial charge is 0.466 e. The quantitative estimate of drug-likeness (QED) is 0.668. The van der Waals surface area contributed by atoms with Gasteiger partial charge in [-0.3, -0.25) is 4.79 Å². The van der Waals surface area contributed by atoms with Crippen molar-refractivity contribution in [1.82, 2.24) is 4.90 Å². The maximum Gasteiger partial charge on any atom is 0.310 e. The smallest absolute Gasteiger partial charge is 0.310 e. The van der Waals surface area contributed by atoms with E-state index in [1.54, 1.807) is 0 Å². The van der Waals surface area contributed by atoms with Gasteiger partial charge < -0.3 is 9.64 Å². The zero-order valence-electron chi connectivity index (χ0n) is 10.2. The van der Waals surface area contributed by atoms with E-state index in [1.165, 1.54) is 0 Å². The summed E-state index contributed by atoms with van der Waals surface area (Å²) < 4.78 is 5.07. The first-order valence-corrected chi connectivity index (χ1v) is 6.02. The summed E-state index contributed by atoms with van der Waals surface area (Å²) in [4.78, 5) is 14.0. The Morgan fingerprint density at radius 1 is 1.53 bits per heavy atom.